The van der Waals surface area contributed by atoms with Crippen LogP contribution in [0, 0.1) is 0 Å². The molecule has 1 nitrogen and oxygen atoms in total. The van der Waals surface area contributed by atoms with Crippen molar-refractivity contribution >= 4 is 60.7 Å². The minimum absolute atomic E-state index is 0.205. The van der Waals surface area contributed by atoms with Gasteiger partial charge in [-0.3, -0.25) is 4.79 Å². The molecule has 0 aliphatic carbocycles. The predicted molar refractivity (Wildman–Crippen MR) is 74.1 cm³/mol. The smallest absolute Gasteiger partial charge is 0.180 e. The van der Waals surface area contributed by atoms with Crippen molar-refractivity contribution in [3.8, 4) is 0 Å². The van der Waals surface area contributed by atoms with Crippen LogP contribution < -0.4 is 0 Å². The number of ketones is 1. The van der Waals surface area contributed by atoms with Crippen LogP contribution in [0.1, 0.15) is 30.1 Å². The van der Waals surface area contributed by atoms with Crippen LogP contribution in [0.25, 0.3) is 0 Å². The highest BCUT2D eigenvalue weighted by Gasteiger charge is 2.38. The standard InChI is InChI=1S/C10H10Br2OS2/c1-10(3-2-4-14-10)8(13)6-5-7(11)15-9(6)12/h5H,2-4H2,1H3. The third kappa shape index (κ3) is 2.35. The van der Waals surface area contributed by atoms with E-state index >= 15 is 0 Å². The van der Waals surface area contributed by atoms with E-state index in [9.17, 15) is 4.79 Å². The molecular formula is C10H10Br2OS2. The molecule has 0 bridgehead atoms. The van der Waals surface area contributed by atoms with Crippen LogP contribution >= 0.6 is 55.0 Å². The van der Waals surface area contributed by atoms with Crippen LogP contribution in [-0.2, 0) is 0 Å². The first-order valence-electron chi connectivity index (χ1n) is 4.66. The van der Waals surface area contributed by atoms with E-state index in [4.69, 9.17) is 0 Å². The molecule has 1 unspecified atom stereocenters. The van der Waals surface area contributed by atoms with Gasteiger partial charge in [-0.15, -0.1) is 23.1 Å². The summed E-state index contributed by atoms with van der Waals surface area (Å²) in [6.07, 6.45) is 2.15. The summed E-state index contributed by atoms with van der Waals surface area (Å²) < 4.78 is 1.74. The van der Waals surface area contributed by atoms with E-state index in [2.05, 4.69) is 38.8 Å². The zero-order valence-corrected chi connectivity index (χ0v) is 13.0. The van der Waals surface area contributed by atoms with Crippen LogP contribution in [0.2, 0.25) is 0 Å². The Bertz CT molecular complexity index is 394. The Morgan fingerprint density at radius 1 is 1.53 bits per heavy atom. The normalized spacial score (nSPS) is 25.8. The Balaban J connectivity index is 2.31. The van der Waals surface area contributed by atoms with Gasteiger partial charge >= 0.3 is 0 Å². The Hall–Kier alpha value is 0.680. The van der Waals surface area contributed by atoms with Crippen molar-refractivity contribution in [1.29, 1.82) is 0 Å². The molecule has 0 N–H and O–H groups in total. The lowest BCUT2D eigenvalue weighted by atomic mass is 9.96. The van der Waals surface area contributed by atoms with Gasteiger partial charge in [0.25, 0.3) is 0 Å². The van der Waals surface area contributed by atoms with Crippen LogP contribution in [-0.4, -0.2) is 16.3 Å². The molecule has 0 spiro atoms. The molecule has 5 heteroatoms. The largest absolute Gasteiger partial charge is 0.293 e. The van der Waals surface area contributed by atoms with Crippen molar-refractivity contribution in [3.05, 3.63) is 19.2 Å². The number of Topliss-reactive ketones (excluding diaryl/α,β-unsaturated/α-hetero) is 1. The number of hydrogen-bond acceptors (Lipinski definition) is 3. The number of rotatable bonds is 2. The molecule has 1 atom stereocenters. The Labute approximate surface area is 114 Å². The maximum Gasteiger partial charge on any atom is 0.180 e. The number of carbonyl (C=O) groups excluding carboxylic acids is 1. The average molecular weight is 370 g/mol. The number of hydrogen-bond donors (Lipinski definition) is 0. The molecular weight excluding hydrogens is 360 g/mol. The van der Waals surface area contributed by atoms with E-state index < -0.39 is 0 Å². The van der Waals surface area contributed by atoms with E-state index in [1.54, 1.807) is 23.1 Å². The van der Waals surface area contributed by atoms with Crippen LogP contribution in [0.5, 0.6) is 0 Å². The Morgan fingerprint density at radius 3 is 2.73 bits per heavy atom. The highest BCUT2D eigenvalue weighted by atomic mass is 79.9. The second-order valence-corrected chi connectivity index (χ2v) is 9.10. The van der Waals surface area contributed by atoms with Gasteiger partial charge in [0.1, 0.15) is 0 Å². The van der Waals surface area contributed by atoms with Crippen LogP contribution in [0.15, 0.2) is 13.6 Å². The monoisotopic (exact) mass is 368 g/mol. The zero-order chi connectivity index (χ0) is 11.1. The fourth-order valence-electron chi connectivity index (χ4n) is 1.74. The summed E-state index contributed by atoms with van der Waals surface area (Å²) in [5, 5.41) is 0. The molecule has 0 saturated carbocycles. The van der Waals surface area contributed by atoms with Gasteiger partial charge < -0.3 is 0 Å². The minimum Gasteiger partial charge on any atom is -0.293 e. The fourth-order valence-corrected chi connectivity index (χ4v) is 5.80. The Morgan fingerprint density at radius 2 is 2.27 bits per heavy atom. The molecule has 1 saturated heterocycles. The lowest BCUT2D eigenvalue weighted by Crippen LogP contribution is -2.28. The van der Waals surface area contributed by atoms with Crippen molar-refractivity contribution in [2.45, 2.75) is 24.5 Å². The molecule has 15 heavy (non-hydrogen) atoms. The fraction of sp³-hybridized carbons (Fsp3) is 0.500. The molecule has 1 fully saturated rings. The molecule has 1 aliphatic rings. The summed E-state index contributed by atoms with van der Waals surface area (Å²) in [6.45, 7) is 2.06. The van der Waals surface area contributed by atoms with Gasteiger partial charge in [0.2, 0.25) is 0 Å². The van der Waals surface area contributed by atoms with Crippen LogP contribution in [0.4, 0.5) is 0 Å². The lowest BCUT2D eigenvalue weighted by Gasteiger charge is -2.20. The number of halogens is 2. The third-order valence-electron chi connectivity index (χ3n) is 2.60. The van der Waals surface area contributed by atoms with Crippen molar-refractivity contribution < 1.29 is 4.79 Å². The van der Waals surface area contributed by atoms with Gasteiger partial charge in [0.05, 0.1) is 12.3 Å². The van der Waals surface area contributed by atoms with Crippen molar-refractivity contribution in [3.63, 3.8) is 0 Å². The molecule has 0 aromatic carbocycles. The van der Waals surface area contributed by atoms with E-state index in [0.29, 0.717) is 0 Å². The summed E-state index contributed by atoms with van der Waals surface area (Å²) in [5.41, 5.74) is 0.823. The molecule has 1 aromatic heterocycles. The second kappa shape index (κ2) is 4.51. The van der Waals surface area contributed by atoms with Crippen molar-refractivity contribution in [1.82, 2.24) is 0 Å². The summed E-state index contributed by atoms with van der Waals surface area (Å²) in [6, 6.07) is 1.92. The number of carbonyl (C=O) groups is 1. The second-order valence-electron chi connectivity index (χ2n) is 3.75. The number of thiophene rings is 1. The first kappa shape index (κ1) is 12.1. The lowest BCUT2D eigenvalue weighted by molar-refractivity contribution is 0.0949. The van der Waals surface area contributed by atoms with Gasteiger partial charge in [0, 0.05) is 5.56 Å². The quantitative estimate of drug-likeness (QED) is 0.700. The average Bonchev–Trinajstić information content (AvgIpc) is 2.73. The van der Waals surface area contributed by atoms with Gasteiger partial charge in [0.15, 0.2) is 5.78 Å². The van der Waals surface area contributed by atoms with Gasteiger partial charge in [-0.2, -0.15) is 0 Å². The topological polar surface area (TPSA) is 17.1 Å². The van der Waals surface area contributed by atoms with Gasteiger partial charge in [-0.05, 0) is 63.4 Å². The molecule has 0 radical (unpaired) electrons. The molecule has 1 aromatic rings. The number of thioether (sulfide) groups is 1. The third-order valence-corrected chi connectivity index (χ3v) is 6.46. The molecule has 2 heterocycles. The molecule has 82 valence electrons. The predicted octanol–water partition coefficient (Wildman–Crippen LogP) is 4.74. The SMILES string of the molecule is CC1(C(=O)c2cc(Br)sc2Br)CCCS1. The first-order chi connectivity index (χ1) is 7.03. The van der Waals surface area contributed by atoms with E-state index in [1.165, 1.54) is 0 Å². The van der Waals surface area contributed by atoms with Crippen LogP contribution in [0.3, 0.4) is 0 Å². The van der Waals surface area contributed by atoms with Crippen molar-refractivity contribution in [2.75, 3.05) is 5.75 Å². The van der Waals surface area contributed by atoms with Gasteiger partial charge in [-0.25, -0.2) is 0 Å². The highest BCUT2D eigenvalue weighted by molar-refractivity contribution is 9.12. The minimum atomic E-state index is -0.205. The van der Waals surface area contributed by atoms with E-state index in [-0.39, 0.29) is 10.5 Å². The molecule has 0 amide bonds. The van der Waals surface area contributed by atoms with E-state index in [0.717, 1.165) is 31.7 Å². The molecule has 1 aliphatic heterocycles. The summed E-state index contributed by atoms with van der Waals surface area (Å²) >= 11 is 10.2. The Kier molecular flexibility index (Phi) is 3.65. The van der Waals surface area contributed by atoms with Gasteiger partial charge in [-0.1, -0.05) is 0 Å². The summed E-state index contributed by atoms with van der Waals surface area (Å²) in [7, 11) is 0. The van der Waals surface area contributed by atoms with E-state index in [1.807, 2.05) is 6.07 Å². The maximum atomic E-state index is 12.3. The first-order valence-corrected chi connectivity index (χ1v) is 8.05. The van der Waals surface area contributed by atoms with Crippen molar-refractivity contribution in [2.24, 2.45) is 0 Å². The summed E-state index contributed by atoms with van der Waals surface area (Å²) in [4.78, 5) is 12.3. The maximum absolute atomic E-state index is 12.3. The summed E-state index contributed by atoms with van der Waals surface area (Å²) in [5.74, 6) is 1.37. The zero-order valence-electron chi connectivity index (χ0n) is 8.18. The highest BCUT2D eigenvalue weighted by Crippen LogP contribution is 2.43. The molecule has 2 rings (SSSR count).